The summed E-state index contributed by atoms with van der Waals surface area (Å²) < 4.78 is 6.33. The van der Waals surface area contributed by atoms with Crippen LogP contribution in [0.2, 0.25) is 0 Å². The summed E-state index contributed by atoms with van der Waals surface area (Å²) in [7, 11) is 0. The molecular weight excluding hydrogens is 410 g/mol. The highest BCUT2D eigenvalue weighted by molar-refractivity contribution is 9.10. The summed E-state index contributed by atoms with van der Waals surface area (Å²) in [6.45, 7) is 6.00. The second-order valence-electron chi connectivity index (χ2n) is 7.65. The van der Waals surface area contributed by atoms with E-state index in [0.717, 1.165) is 36.0 Å². The minimum absolute atomic E-state index is 0.172. The zero-order valence-electron chi connectivity index (χ0n) is 15.5. The molecule has 0 bridgehead atoms. The maximum atomic E-state index is 13.2. The lowest BCUT2D eigenvalue weighted by molar-refractivity contribution is -0.138. The van der Waals surface area contributed by atoms with Crippen LogP contribution < -0.4 is 0 Å². The largest absolute Gasteiger partial charge is 0.378 e. The van der Waals surface area contributed by atoms with Gasteiger partial charge in [-0.2, -0.15) is 0 Å². The fourth-order valence-electron chi connectivity index (χ4n) is 4.05. The molecule has 2 heterocycles. The summed E-state index contributed by atoms with van der Waals surface area (Å²) in [5, 5.41) is 0. The third kappa shape index (κ3) is 4.05. The van der Waals surface area contributed by atoms with Crippen molar-refractivity contribution in [1.82, 2.24) is 14.7 Å². The lowest BCUT2D eigenvalue weighted by Gasteiger charge is -2.37. The van der Waals surface area contributed by atoms with Gasteiger partial charge in [0.15, 0.2) is 0 Å². The van der Waals surface area contributed by atoms with E-state index in [2.05, 4.69) is 33.0 Å². The highest BCUT2D eigenvalue weighted by atomic mass is 79.9. The Labute approximate surface area is 168 Å². The molecule has 2 aliphatic heterocycles. The van der Waals surface area contributed by atoms with Gasteiger partial charge in [0.2, 0.25) is 11.8 Å². The molecule has 0 N–H and O–H groups in total. The zero-order chi connectivity index (χ0) is 18.9. The zero-order valence-corrected chi connectivity index (χ0v) is 17.1. The molecule has 1 aromatic carbocycles. The summed E-state index contributed by atoms with van der Waals surface area (Å²) >= 11 is 3.52. The number of rotatable bonds is 4. The standard InChI is InChI=1S/C20H26BrN3O3/c21-17-3-1-2-16(14-17)20(4-5-20)19(26)24-8-6-22(7-9-24)15-18(25)23-10-12-27-13-11-23/h1-3,14H,4-13,15H2. The van der Waals surface area contributed by atoms with Crippen molar-refractivity contribution in [2.75, 3.05) is 59.0 Å². The summed E-state index contributed by atoms with van der Waals surface area (Å²) in [5.74, 6) is 0.422. The van der Waals surface area contributed by atoms with Gasteiger partial charge >= 0.3 is 0 Å². The first-order valence-electron chi connectivity index (χ1n) is 9.72. The van der Waals surface area contributed by atoms with E-state index < -0.39 is 0 Å². The van der Waals surface area contributed by atoms with Gasteiger partial charge in [0.1, 0.15) is 0 Å². The van der Waals surface area contributed by atoms with E-state index in [1.165, 1.54) is 0 Å². The number of benzene rings is 1. The molecule has 7 heteroatoms. The molecule has 3 fully saturated rings. The summed E-state index contributed by atoms with van der Waals surface area (Å²) in [6.07, 6.45) is 1.86. The summed E-state index contributed by atoms with van der Waals surface area (Å²) in [4.78, 5) is 31.6. The highest BCUT2D eigenvalue weighted by Crippen LogP contribution is 2.50. The second-order valence-corrected chi connectivity index (χ2v) is 8.57. The lowest BCUT2D eigenvalue weighted by atomic mass is 9.94. The fourth-order valence-corrected chi connectivity index (χ4v) is 4.45. The number of piperazine rings is 1. The van der Waals surface area contributed by atoms with Crippen LogP contribution in [-0.4, -0.2) is 85.5 Å². The number of ether oxygens (including phenoxy) is 1. The smallest absolute Gasteiger partial charge is 0.236 e. The summed E-state index contributed by atoms with van der Waals surface area (Å²) in [6, 6.07) is 8.13. The predicted octanol–water partition coefficient (Wildman–Crippen LogP) is 1.48. The lowest BCUT2D eigenvalue weighted by Crippen LogP contribution is -2.54. The van der Waals surface area contributed by atoms with Crippen molar-refractivity contribution < 1.29 is 14.3 Å². The number of carbonyl (C=O) groups is 2. The number of halogens is 1. The number of hydrogen-bond acceptors (Lipinski definition) is 4. The minimum Gasteiger partial charge on any atom is -0.378 e. The van der Waals surface area contributed by atoms with Crippen LogP contribution in [0.5, 0.6) is 0 Å². The van der Waals surface area contributed by atoms with Crippen LogP contribution in [0, 0.1) is 0 Å². The van der Waals surface area contributed by atoms with E-state index in [1.54, 1.807) is 0 Å². The Bertz CT molecular complexity index is 708. The Morgan fingerprint density at radius 2 is 1.70 bits per heavy atom. The van der Waals surface area contributed by atoms with Gasteiger partial charge in [-0.15, -0.1) is 0 Å². The molecule has 27 heavy (non-hydrogen) atoms. The fraction of sp³-hybridized carbons (Fsp3) is 0.600. The molecule has 2 amide bonds. The molecular formula is C20H26BrN3O3. The van der Waals surface area contributed by atoms with Gasteiger partial charge in [-0.3, -0.25) is 14.5 Å². The molecule has 6 nitrogen and oxygen atoms in total. The second kappa shape index (κ2) is 7.89. The molecule has 0 spiro atoms. The molecule has 0 unspecified atom stereocenters. The molecule has 4 rings (SSSR count). The van der Waals surface area contributed by atoms with Crippen LogP contribution in [0.4, 0.5) is 0 Å². The molecule has 0 radical (unpaired) electrons. The van der Waals surface area contributed by atoms with Crippen molar-refractivity contribution in [3.05, 3.63) is 34.3 Å². The Hall–Kier alpha value is -1.44. The van der Waals surface area contributed by atoms with Crippen molar-refractivity contribution in [2.24, 2.45) is 0 Å². The van der Waals surface area contributed by atoms with E-state index >= 15 is 0 Å². The molecule has 146 valence electrons. The van der Waals surface area contributed by atoms with Gasteiger partial charge in [0, 0.05) is 43.7 Å². The number of nitrogens with zero attached hydrogens (tertiary/aromatic N) is 3. The van der Waals surface area contributed by atoms with E-state index in [4.69, 9.17) is 4.74 Å². The normalized spacial score (nSPS) is 22.6. The van der Waals surface area contributed by atoms with Crippen LogP contribution >= 0.6 is 15.9 Å². The highest BCUT2D eigenvalue weighted by Gasteiger charge is 2.53. The Morgan fingerprint density at radius 3 is 2.33 bits per heavy atom. The Balaban J connectivity index is 1.31. The molecule has 1 saturated carbocycles. The molecule has 0 aromatic heterocycles. The van der Waals surface area contributed by atoms with Gasteiger partial charge in [-0.25, -0.2) is 0 Å². The van der Waals surface area contributed by atoms with Crippen molar-refractivity contribution in [3.63, 3.8) is 0 Å². The van der Waals surface area contributed by atoms with Crippen LogP contribution in [0.25, 0.3) is 0 Å². The van der Waals surface area contributed by atoms with Crippen LogP contribution in [0.15, 0.2) is 28.7 Å². The minimum atomic E-state index is -0.324. The molecule has 1 aromatic rings. The first-order chi connectivity index (χ1) is 13.1. The van der Waals surface area contributed by atoms with Gasteiger partial charge in [0.25, 0.3) is 0 Å². The quantitative estimate of drug-likeness (QED) is 0.718. The third-order valence-corrected chi connectivity index (χ3v) is 6.41. The van der Waals surface area contributed by atoms with Crippen molar-refractivity contribution in [3.8, 4) is 0 Å². The van der Waals surface area contributed by atoms with Gasteiger partial charge < -0.3 is 14.5 Å². The SMILES string of the molecule is O=C(CN1CCN(C(=O)C2(c3cccc(Br)c3)CC2)CC1)N1CCOCC1. The number of carbonyl (C=O) groups excluding carboxylic acids is 2. The van der Waals surface area contributed by atoms with Crippen LogP contribution in [-0.2, 0) is 19.7 Å². The van der Waals surface area contributed by atoms with Crippen molar-refractivity contribution >= 4 is 27.7 Å². The third-order valence-electron chi connectivity index (χ3n) is 5.92. The van der Waals surface area contributed by atoms with E-state index in [9.17, 15) is 9.59 Å². The average molecular weight is 436 g/mol. The van der Waals surface area contributed by atoms with Gasteiger partial charge in [-0.05, 0) is 30.5 Å². The number of morpholine rings is 1. The topological polar surface area (TPSA) is 53.1 Å². The first kappa shape index (κ1) is 18.9. The molecule has 1 aliphatic carbocycles. The molecule has 0 atom stereocenters. The summed E-state index contributed by atoms with van der Waals surface area (Å²) in [5.41, 5.74) is 0.794. The maximum absolute atomic E-state index is 13.2. The van der Waals surface area contributed by atoms with Crippen molar-refractivity contribution in [1.29, 1.82) is 0 Å². The molecule has 3 aliphatic rings. The Morgan fingerprint density at radius 1 is 1.00 bits per heavy atom. The van der Waals surface area contributed by atoms with Gasteiger partial charge in [-0.1, -0.05) is 28.1 Å². The van der Waals surface area contributed by atoms with Crippen LogP contribution in [0.1, 0.15) is 18.4 Å². The average Bonchev–Trinajstić information content (AvgIpc) is 3.51. The van der Waals surface area contributed by atoms with Gasteiger partial charge in [0.05, 0.1) is 25.2 Å². The number of hydrogen-bond donors (Lipinski definition) is 0. The Kier molecular flexibility index (Phi) is 5.53. The number of amides is 2. The first-order valence-corrected chi connectivity index (χ1v) is 10.5. The predicted molar refractivity (Wildman–Crippen MR) is 105 cm³/mol. The van der Waals surface area contributed by atoms with Crippen LogP contribution in [0.3, 0.4) is 0 Å². The van der Waals surface area contributed by atoms with E-state index in [0.29, 0.717) is 45.9 Å². The monoisotopic (exact) mass is 435 g/mol. The van der Waals surface area contributed by atoms with E-state index in [-0.39, 0.29) is 17.2 Å². The van der Waals surface area contributed by atoms with Crippen molar-refractivity contribution in [2.45, 2.75) is 18.3 Å². The molecule has 2 saturated heterocycles. The van der Waals surface area contributed by atoms with E-state index in [1.807, 2.05) is 21.9 Å². The maximum Gasteiger partial charge on any atom is 0.236 e.